The average molecular weight is 305 g/mol. The van der Waals surface area contributed by atoms with Gasteiger partial charge in [-0.15, -0.1) is 0 Å². The highest BCUT2D eigenvalue weighted by atomic mass is 16.5. The second kappa shape index (κ2) is 6.22. The van der Waals surface area contributed by atoms with E-state index in [9.17, 15) is 4.79 Å². The minimum atomic E-state index is -0.155. The molecule has 0 N–H and O–H groups in total. The lowest BCUT2D eigenvalue weighted by molar-refractivity contribution is -0.169. The summed E-state index contributed by atoms with van der Waals surface area (Å²) in [5.74, 6) is 0.773. The van der Waals surface area contributed by atoms with Gasteiger partial charge in [0.1, 0.15) is 6.61 Å². The number of amides is 1. The van der Waals surface area contributed by atoms with E-state index in [0.717, 1.165) is 38.0 Å². The largest absolute Gasteiger partial charge is 0.481 e. The number of carbonyl (C=O) groups is 1. The van der Waals surface area contributed by atoms with Crippen molar-refractivity contribution in [1.29, 1.82) is 0 Å². The molecule has 3 rings (SSSR count). The van der Waals surface area contributed by atoms with Gasteiger partial charge >= 0.3 is 0 Å². The van der Waals surface area contributed by atoms with Crippen LogP contribution in [0.25, 0.3) is 0 Å². The van der Waals surface area contributed by atoms with Crippen LogP contribution in [-0.4, -0.2) is 66.7 Å². The van der Waals surface area contributed by atoms with Gasteiger partial charge in [0, 0.05) is 45.0 Å². The Morgan fingerprint density at radius 2 is 2.18 bits per heavy atom. The lowest BCUT2D eigenvalue weighted by Gasteiger charge is -2.46. The molecule has 0 radical (unpaired) electrons. The number of methoxy groups -OCH3 is 1. The first-order valence-corrected chi connectivity index (χ1v) is 7.70. The molecule has 22 heavy (non-hydrogen) atoms. The van der Waals surface area contributed by atoms with Gasteiger partial charge in [0.15, 0.2) is 0 Å². The number of ether oxygens (including phenoxy) is 2. The molecule has 0 unspecified atom stereocenters. The van der Waals surface area contributed by atoms with Crippen LogP contribution >= 0.6 is 0 Å². The van der Waals surface area contributed by atoms with Gasteiger partial charge in [-0.2, -0.15) is 0 Å². The van der Waals surface area contributed by atoms with Crippen molar-refractivity contribution < 1.29 is 14.3 Å². The molecule has 0 bridgehead atoms. The Hall–Kier alpha value is -1.66. The van der Waals surface area contributed by atoms with Crippen LogP contribution in [0.3, 0.4) is 0 Å². The average Bonchev–Trinajstić information content (AvgIpc) is 2.54. The van der Waals surface area contributed by atoms with Crippen LogP contribution in [0.15, 0.2) is 18.3 Å². The van der Waals surface area contributed by atoms with E-state index in [1.165, 1.54) is 0 Å². The Kier molecular flexibility index (Phi) is 4.31. The summed E-state index contributed by atoms with van der Waals surface area (Å²) in [7, 11) is 3.51. The smallest absolute Gasteiger partial charge is 0.248 e. The molecule has 2 saturated heterocycles. The molecule has 0 saturated carbocycles. The quantitative estimate of drug-likeness (QED) is 0.831. The van der Waals surface area contributed by atoms with Crippen molar-refractivity contribution in [2.24, 2.45) is 0 Å². The van der Waals surface area contributed by atoms with Crippen molar-refractivity contribution in [1.82, 2.24) is 14.8 Å². The summed E-state index contributed by atoms with van der Waals surface area (Å²) in [6.07, 6.45) is 3.65. The van der Waals surface area contributed by atoms with Gasteiger partial charge in [0.05, 0.1) is 12.7 Å². The lowest BCUT2D eigenvalue weighted by atomic mass is 9.89. The summed E-state index contributed by atoms with van der Waals surface area (Å²) in [6, 6.07) is 3.99. The molecule has 0 aliphatic carbocycles. The monoisotopic (exact) mass is 305 g/mol. The fourth-order valence-electron chi connectivity index (χ4n) is 3.28. The molecule has 120 valence electrons. The number of hydrogen-bond donors (Lipinski definition) is 0. The molecule has 3 heterocycles. The molecule has 0 atom stereocenters. The Bertz CT molecular complexity index is 541. The number of morpholine rings is 1. The summed E-state index contributed by atoms with van der Waals surface area (Å²) >= 11 is 0. The van der Waals surface area contributed by atoms with Gasteiger partial charge < -0.3 is 14.4 Å². The van der Waals surface area contributed by atoms with Crippen LogP contribution in [0, 0.1) is 0 Å². The standard InChI is InChI=1S/C16H23N3O3/c1-18-12-16(22-11-14(18)20)5-8-19(9-6-16)10-13-4-3-7-17-15(13)21-2/h3-4,7H,5-6,8-12H2,1-2H3. The topological polar surface area (TPSA) is 54.9 Å². The molecule has 1 spiro atoms. The molecule has 0 aromatic carbocycles. The third kappa shape index (κ3) is 3.08. The van der Waals surface area contributed by atoms with Crippen molar-refractivity contribution >= 4 is 5.91 Å². The van der Waals surface area contributed by atoms with Gasteiger partial charge in [0.25, 0.3) is 0 Å². The Morgan fingerprint density at radius 3 is 2.86 bits per heavy atom. The number of hydrogen-bond acceptors (Lipinski definition) is 5. The SMILES string of the molecule is COc1ncccc1CN1CCC2(CC1)CN(C)C(=O)CO2. The number of likely N-dealkylation sites (tertiary alicyclic amines) is 1. The Balaban J connectivity index is 1.59. The zero-order chi connectivity index (χ0) is 15.6. The summed E-state index contributed by atoms with van der Waals surface area (Å²) in [5.41, 5.74) is 0.955. The molecule has 6 nitrogen and oxygen atoms in total. The molecule has 2 fully saturated rings. The summed E-state index contributed by atoms with van der Waals surface area (Å²) in [5, 5.41) is 0. The second-order valence-corrected chi connectivity index (χ2v) is 6.17. The third-order valence-corrected chi connectivity index (χ3v) is 4.66. The molecule has 2 aliphatic rings. The van der Waals surface area contributed by atoms with Gasteiger partial charge in [-0.3, -0.25) is 9.69 Å². The lowest BCUT2D eigenvalue weighted by Crippen LogP contribution is -2.57. The van der Waals surface area contributed by atoms with E-state index in [1.807, 2.05) is 13.1 Å². The van der Waals surface area contributed by atoms with E-state index >= 15 is 0 Å². The van der Waals surface area contributed by atoms with Crippen LogP contribution in [0.1, 0.15) is 18.4 Å². The Morgan fingerprint density at radius 1 is 1.41 bits per heavy atom. The van der Waals surface area contributed by atoms with E-state index in [0.29, 0.717) is 12.4 Å². The fourth-order valence-corrected chi connectivity index (χ4v) is 3.28. The van der Waals surface area contributed by atoms with Crippen LogP contribution in [0.4, 0.5) is 0 Å². The molecule has 6 heteroatoms. The van der Waals surface area contributed by atoms with E-state index < -0.39 is 0 Å². The van der Waals surface area contributed by atoms with Crippen LogP contribution < -0.4 is 4.74 Å². The van der Waals surface area contributed by atoms with E-state index in [2.05, 4.69) is 16.0 Å². The maximum absolute atomic E-state index is 11.6. The first-order valence-electron chi connectivity index (χ1n) is 7.70. The normalized spacial score (nSPS) is 22.1. The van der Waals surface area contributed by atoms with E-state index in [4.69, 9.17) is 9.47 Å². The number of rotatable bonds is 3. The number of piperidine rings is 1. The van der Waals surface area contributed by atoms with E-state index in [1.54, 1.807) is 18.2 Å². The van der Waals surface area contributed by atoms with Crippen molar-refractivity contribution in [2.75, 3.05) is 40.4 Å². The maximum atomic E-state index is 11.6. The highest BCUT2D eigenvalue weighted by Crippen LogP contribution is 2.31. The van der Waals surface area contributed by atoms with Crippen molar-refractivity contribution in [2.45, 2.75) is 25.0 Å². The summed E-state index contributed by atoms with van der Waals surface area (Å²) < 4.78 is 11.2. The van der Waals surface area contributed by atoms with Crippen LogP contribution in [0.2, 0.25) is 0 Å². The van der Waals surface area contributed by atoms with Crippen LogP contribution in [-0.2, 0) is 16.1 Å². The first kappa shape index (κ1) is 15.2. The number of nitrogens with zero attached hydrogens (tertiary/aromatic N) is 3. The summed E-state index contributed by atoms with van der Waals surface area (Å²) in [4.78, 5) is 20.0. The van der Waals surface area contributed by atoms with E-state index in [-0.39, 0.29) is 18.1 Å². The second-order valence-electron chi connectivity index (χ2n) is 6.17. The predicted molar refractivity (Wildman–Crippen MR) is 81.6 cm³/mol. The molecule has 2 aliphatic heterocycles. The van der Waals surface area contributed by atoms with Crippen molar-refractivity contribution in [3.05, 3.63) is 23.9 Å². The predicted octanol–water partition coefficient (Wildman–Crippen LogP) is 0.913. The highest BCUT2D eigenvalue weighted by Gasteiger charge is 2.41. The third-order valence-electron chi connectivity index (χ3n) is 4.66. The van der Waals surface area contributed by atoms with Gasteiger partial charge in [-0.1, -0.05) is 6.07 Å². The minimum Gasteiger partial charge on any atom is -0.481 e. The number of aromatic nitrogens is 1. The fraction of sp³-hybridized carbons (Fsp3) is 0.625. The maximum Gasteiger partial charge on any atom is 0.248 e. The zero-order valence-electron chi connectivity index (χ0n) is 13.2. The van der Waals surface area contributed by atoms with Gasteiger partial charge in [-0.25, -0.2) is 4.98 Å². The van der Waals surface area contributed by atoms with Crippen molar-refractivity contribution in [3.63, 3.8) is 0 Å². The number of likely N-dealkylation sites (N-methyl/N-ethyl adjacent to an activating group) is 1. The zero-order valence-corrected chi connectivity index (χ0v) is 13.2. The Labute approximate surface area is 131 Å². The minimum absolute atomic E-state index is 0.0770. The van der Waals surface area contributed by atoms with Gasteiger partial charge in [-0.05, 0) is 18.9 Å². The number of carbonyl (C=O) groups excluding carboxylic acids is 1. The summed E-state index contributed by atoms with van der Waals surface area (Å²) in [6.45, 7) is 3.67. The van der Waals surface area contributed by atoms with Gasteiger partial charge in [0.2, 0.25) is 11.8 Å². The molecule has 1 aromatic rings. The highest BCUT2D eigenvalue weighted by molar-refractivity contribution is 5.78. The van der Waals surface area contributed by atoms with Crippen LogP contribution in [0.5, 0.6) is 5.88 Å². The first-order chi connectivity index (χ1) is 10.6. The molecular formula is C16H23N3O3. The van der Waals surface area contributed by atoms with Crippen molar-refractivity contribution in [3.8, 4) is 5.88 Å². The molecule has 1 amide bonds. The number of pyridine rings is 1. The molecular weight excluding hydrogens is 282 g/mol. The molecule has 1 aromatic heterocycles.